The number of hydrazine groups is 2. The zero-order valence-electron chi connectivity index (χ0n) is 17.8. The molecule has 1 fully saturated rings. The Hall–Kier alpha value is -2.10. The van der Waals surface area contributed by atoms with Gasteiger partial charge in [0.15, 0.2) is 0 Å². The van der Waals surface area contributed by atoms with Crippen LogP contribution in [0.1, 0.15) is 29.5 Å². The van der Waals surface area contributed by atoms with E-state index in [1.807, 2.05) is 18.2 Å². The molecule has 2 aliphatic rings. The number of nitrogens with zero attached hydrogens (tertiary/aromatic N) is 1. The maximum atomic E-state index is 6.06. The molecule has 0 aliphatic carbocycles. The highest BCUT2D eigenvalue weighted by molar-refractivity contribution is 9.10. The number of nitrogens with one attached hydrogen (secondary N) is 5. The highest BCUT2D eigenvalue weighted by atomic mass is 79.9. The van der Waals surface area contributed by atoms with Gasteiger partial charge in [-0.3, -0.25) is 5.43 Å². The molecule has 4 rings (SSSR count). The summed E-state index contributed by atoms with van der Waals surface area (Å²) in [5.41, 5.74) is 11.7. The topological polar surface area (TPSA) is 81.7 Å². The van der Waals surface area contributed by atoms with Crippen LogP contribution in [0.25, 0.3) is 12.2 Å². The lowest BCUT2D eigenvalue weighted by Gasteiger charge is -2.13. The number of amidine groups is 1. The maximum Gasteiger partial charge on any atom is 0.142 e. The minimum Gasteiger partial charge on any atom is -0.493 e. The lowest BCUT2D eigenvalue weighted by Crippen LogP contribution is -2.35. The van der Waals surface area contributed by atoms with E-state index >= 15 is 0 Å². The third-order valence-electron chi connectivity index (χ3n) is 5.39. The zero-order chi connectivity index (χ0) is 22.2. The van der Waals surface area contributed by atoms with Crippen molar-refractivity contribution in [2.45, 2.75) is 19.4 Å². The Labute approximate surface area is 202 Å². The van der Waals surface area contributed by atoms with Gasteiger partial charge in [0.1, 0.15) is 11.6 Å². The van der Waals surface area contributed by atoms with E-state index in [4.69, 9.17) is 16.3 Å². The van der Waals surface area contributed by atoms with E-state index in [2.05, 4.69) is 78.5 Å². The minimum absolute atomic E-state index is 0.533. The van der Waals surface area contributed by atoms with Gasteiger partial charge >= 0.3 is 0 Å². The summed E-state index contributed by atoms with van der Waals surface area (Å²) in [6, 6.07) is 12.2. The van der Waals surface area contributed by atoms with Crippen molar-refractivity contribution in [2.75, 3.05) is 26.2 Å². The molecule has 0 saturated carbocycles. The average Bonchev–Trinajstić information content (AvgIpc) is 3.48. The van der Waals surface area contributed by atoms with Gasteiger partial charge in [-0.15, -0.1) is 10.6 Å². The first-order chi connectivity index (χ1) is 15.7. The van der Waals surface area contributed by atoms with Crippen molar-refractivity contribution in [3.05, 3.63) is 62.6 Å². The van der Waals surface area contributed by atoms with E-state index in [9.17, 15) is 0 Å². The van der Waals surface area contributed by atoms with E-state index in [1.54, 1.807) is 0 Å². The molecule has 2 aromatic rings. The fourth-order valence-electron chi connectivity index (χ4n) is 3.71. The third kappa shape index (κ3) is 6.95. The molecule has 1 saturated heterocycles. The quantitative estimate of drug-likeness (QED) is 0.308. The van der Waals surface area contributed by atoms with Gasteiger partial charge in [-0.05, 0) is 72.9 Å². The molecular weight excluding hydrogens is 492 g/mol. The van der Waals surface area contributed by atoms with Crippen molar-refractivity contribution < 1.29 is 4.74 Å². The molecule has 0 radical (unpaired) electrons. The number of halogens is 2. The lowest BCUT2D eigenvalue weighted by atomic mass is 10.1. The second kappa shape index (κ2) is 11.7. The van der Waals surface area contributed by atoms with Gasteiger partial charge in [0.2, 0.25) is 0 Å². The van der Waals surface area contributed by atoms with Crippen LogP contribution < -0.4 is 31.9 Å². The molecule has 1 atom stereocenters. The average molecular weight is 520 g/mol. The molecule has 2 heterocycles. The Kier molecular flexibility index (Phi) is 8.42. The van der Waals surface area contributed by atoms with Crippen molar-refractivity contribution in [1.29, 1.82) is 0 Å². The SMILES string of the molecule is Clc1ccc(/C=C/c2cc(CNCC3CCNC3)cc(OCCC3=NNNN3)c2)c(Br)c1. The molecule has 9 heteroatoms. The van der Waals surface area contributed by atoms with Gasteiger partial charge in [-0.1, -0.05) is 51.8 Å². The number of benzene rings is 2. The minimum atomic E-state index is 0.533. The van der Waals surface area contributed by atoms with Gasteiger partial charge in [0.05, 0.1) is 6.61 Å². The van der Waals surface area contributed by atoms with Gasteiger partial charge in [-0.2, -0.15) is 0 Å². The summed E-state index contributed by atoms with van der Waals surface area (Å²) in [6.45, 7) is 4.58. The Balaban J connectivity index is 1.44. The highest BCUT2D eigenvalue weighted by Gasteiger charge is 2.13. The maximum absolute atomic E-state index is 6.06. The molecule has 2 aromatic carbocycles. The number of rotatable bonds is 10. The largest absolute Gasteiger partial charge is 0.493 e. The smallest absolute Gasteiger partial charge is 0.142 e. The third-order valence-corrected chi connectivity index (χ3v) is 6.31. The van der Waals surface area contributed by atoms with E-state index < -0.39 is 0 Å². The van der Waals surface area contributed by atoms with Crippen LogP contribution in [0.3, 0.4) is 0 Å². The second-order valence-electron chi connectivity index (χ2n) is 7.92. The van der Waals surface area contributed by atoms with Crippen LogP contribution in [0, 0.1) is 5.92 Å². The summed E-state index contributed by atoms with van der Waals surface area (Å²) < 4.78 is 7.01. The molecular formula is C23H28BrClN6O. The lowest BCUT2D eigenvalue weighted by molar-refractivity contribution is 0.327. The molecule has 0 bridgehead atoms. The van der Waals surface area contributed by atoms with Crippen molar-refractivity contribution in [2.24, 2.45) is 11.0 Å². The van der Waals surface area contributed by atoms with Crippen molar-refractivity contribution >= 4 is 45.5 Å². The fraction of sp³-hybridized carbons (Fsp3) is 0.348. The van der Waals surface area contributed by atoms with Crippen molar-refractivity contribution in [3.63, 3.8) is 0 Å². The van der Waals surface area contributed by atoms with Gasteiger partial charge in [-0.25, -0.2) is 5.53 Å². The van der Waals surface area contributed by atoms with Gasteiger partial charge < -0.3 is 15.4 Å². The molecule has 0 aromatic heterocycles. The Bertz CT molecular complexity index is 977. The van der Waals surface area contributed by atoms with Crippen LogP contribution in [-0.4, -0.2) is 32.1 Å². The molecule has 2 aliphatic heterocycles. The Morgan fingerprint density at radius 3 is 2.94 bits per heavy atom. The first-order valence-electron chi connectivity index (χ1n) is 10.8. The Morgan fingerprint density at radius 2 is 2.16 bits per heavy atom. The summed E-state index contributed by atoms with van der Waals surface area (Å²) in [5.74, 6) is 2.37. The number of hydrogen-bond acceptors (Lipinski definition) is 7. The van der Waals surface area contributed by atoms with Gasteiger partial charge in [0.25, 0.3) is 0 Å². The Morgan fingerprint density at radius 1 is 1.22 bits per heavy atom. The normalized spacial score (nSPS) is 17.9. The van der Waals surface area contributed by atoms with Crippen LogP contribution in [-0.2, 0) is 6.54 Å². The molecule has 5 N–H and O–H groups in total. The molecule has 1 unspecified atom stereocenters. The standard InChI is InChI=1S/C23H28BrClN6O/c24-22-12-20(25)4-3-19(22)2-1-16-9-18(15-27-14-17-5-7-26-13-17)11-21(10-16)32-8-6-23-28-30-31-29-23/h1-4,9-12,17,26-27,30-31H,5-8,13-15H2,(H,28,29)/b2-1+. The monoisotopic (exact) mass is 518 g/mol. The summed E-state index contributed by atoms with van der Waals surface area (Å²) in [7, 11) is 0. The van der Waals surface area contributed by atoms with E-state index in [0.717, 1.165) is 53.4 Å². The number of ether oxygens (including phenoxy) is 1. The van der Waals surface area contributed by atoms with Crippen molar-refractivity contribution in [3.8, 4) is 5.75 Å². The summed E-state index contributed by atoms with van der Waals surface area (Å²) in [6.07, 6.45) is 6.10. The van der Waals surface area contributed by atoms with Crippen LogP contribution in [0.4, 0.5) is 0 Å². The predicted octanol–water partition coefficient (Wildman–Crippen LogP) is 3.67. The fourth-order valence-corrected chi connectivity index (χ4v) is 4.52. The molecule has 0 spiro atoms. The van der Waals surface area contributed by atoms with Crippen LogP contribution in [0.2, 0.25) is 5.02 Å². The summed E-state index contributed by atoms with van der Waals surface area (Å²) in [4.78, 5) is 0. The summed E-state index contributed by atoms with van der Waals surface area (Å²) in [5, 5.41) is 11.8. The van der Waals surface area contributed by atoms with E-state index in [1.165, 1.54) is 12.0 Å². The van der Waals surface area contributed by atoms with E-state index in [0.29, 0.717) is 24.0 Å². The summed E-state index contributed by atoms with van der Waals surface area (Å²) >= 11 is 9.64. The van der Waals surface area contributed by atoms with Crippen LogP contribution >= 0.6 is 27.5 Å². The number of hydrazone groups is 1. The molecule has 7 nitrogen and oxygen atoms in total. The molecule has 0 amide bonds. The zero-order valence-corrected chi connectivity index (χ0v) is 20.1. The van der Waals surface area contributed by atoms with E-state index in [-0.39, 0.29) is 0 Å². The molecule has 170 valence electrons. The molecule has 32 heavy (non-hydrogen) atoms. The second-order valence-corrected chi connectivity index (χ2v) is 9.21. The van der Waals surface area contributed by atoms with Gasteiger partial charge in [0, 0.05) is 22.5 Å². The number of hydrogen-bond donors (Lipinski definition) is 5. The highest BCUT2D eigenvalue weighted by Crippen LogP contribution is 2.25. The van der Waals surface area contributed by atoms with Crippen LogP contribution in [0.15, 0.2) is 46.0 Å². The van der Waals surface area contributed by atoms with Crippen LogP contribution in [0.5, 0.6) is 5.75 Å². The first-order valence-corrected chi connectivity index (χ1v) is 12.0. The first kappa shape index (κ1) is 23.1. The van der Waals surface area contributed by atoms with Crippen molar-refractivity contribution in [1.82, 2.24) is 27.1 Å². The predicted molar refractivity (Wildman–Crippen MR) is 134 cm³/mol.